The van der Waals surface area contributed by atoms with Gasteiger partial charge in [0.25, 0.3) is 0 Å². The minimum absolute atomic E-state index is 0.0836. The highest BCUT2D eigenvalue weighted by atomic mass is 16.5. The van der Waals surface area contributed by atoms with Crippen LogP contribution in [0.15, 0.2) is 30.9 Å². The van der Waals surface area contributed by atoms with Gasteiger partial charge in [0.05, 0.1) is 37.1 Å². The zero-order valence-corrected chi connectivity index (χ0v) is 11.0. The highest BCUT2D eigenvalue weighted by Crippen LogP contribution is 2.19. The van der Waals surface area contributed by atoms with E-state index in [1.165, 1.54) is 5.56 Å². The van der Waals surface area contributed by atoms with Crippen molar-refractivity contribution in [3.8, 4) is 0 Å². The van der Waals surface area contributed by atoms with E-state index in [2.05, 4.69) is 32.8 Å². The van der Waals surface area contributed by atoms with Crippen LogP contribution in [0.4, 0.5) is 0 Å². The second-order valence-electron chi connectivity index (χ2n) is 4.78. The van der Waals surface area contributed by atoms with Crippen molar-refractivity contribution in [2.24, 2.45) is 0 Å². The molecule has 0 amide bonds. The number of rotatable bonds is 3. The predicted octanol–water partition coefficient (Wildman–Crippen LogP) is 1.30. The Morgan fingerprint density at radius 3 is 3.26 bits per heavy atom. The first-order valence-corrected chi connectivity index (χ1v) is 6.57. The quantitative estimate of drug-likeness (QED) is 0.901. The van der Waals surface area contributed by atoms with Crippen LogP contribution in [0.2, 0.25) is 0 Å². The zero-order chi connectivity index (χ0) is 13.1. The molecule has 1 aliphatic heterocycles. The number of ether oxygens (including phenoxy) is 1. The van der Waals surface area contributed by atoms with Crippen LogP contribution >= 0.6 is 0 Å². The van der Waals surface area contributed by atoms with E-state index in [0.29, 0.717) is 0 Å². The largest absolute Gasteiger partial charge is 0.369 e. The van der Waals surface area contributed by atoms with Crippen molar-refractivity contribution in [2.45, 2.75) is 19.6 Å². The summed E-state index contributed by atoms with van der Waals surface area (Å²) in [6.45, 7) is 5.33. The highest BCUT2D eigenvalue weighted by molar-refractivity contribution is 5.19. The maximum absolute atomic E-state index is 5.79. The van der Waals surface area contributed by atoms with Crippen LogP contribution in [-0.4, -0.2) is 34.2 Å². The van der Waals surface area contributed by atoms with Gasteiger partial charge in [-0.15, -0.1) is 0 Å². The van der Waals surface area contributed by atoms with E-state index in [0.717, 1.165) is 37.6 Å². The summed E-state index contributed by atoms with van der Waals surface area (Å²) in [6, 6.07) is 4.04. The summed E-state index contributed by atoms with van der Waals surface area (Å²) >= 11 is 0. The lowest BCUT2D eigenvalue weighted by atomic mass is 10.2. The second kappa shape index (κ2) is 5.50. The van der Waals surface area contributed by atoms with Gasteiger partial charge >= 0.3 is 0 Å². The van der Waals surface area contributed by atoms with E-state index in [-0.39, 0.29) is 6.10 Å². The van der Waals surface area contributed by atoms with E-state index in [1.54, 1.807) is 0 Å². The molecule has 2 aromatic rings. The fourth-order valence-corrected chi connectivity index (χ4v) is 2.33. The molecule has 0 saturated carbocycles. The molecule has 1 N–H and O–H groups in total. The molecule has 0 aromatic carbocycles. The van der Waals surface area contributed by atoms with Gasteiger partial charge in [-0.1, -0.05) is 6.07 Å². The molecule has 3 rings (SSSR count). The molecule has 0 bridgehead atoms. The van der Waals surface area contributed by atoms with E-state index < -0.39 is 0 Å². The summed E-state index contributed by atoms with van der Waals surface area (Å²) < 4.78 is 7.91. The Kier molecular flexibility index (Phi) is 3.57. The van der Waals surface area contributed by atoms with Gasteiger partial charge in [0.15, 0.2) is 0 Å². The molecule has 1 saturated heterocycles. The second-order valence-corrected chi connectivity index (χ2v) is 4.78. The van der Waals surface area contributed by atoms with Gasteiger partial charge in [-0.2, -0.15) is 0 Å². The molecule has 1 fully saturated rings. The van der Waals surface area contributed by atoms with Gasteiger partial charge in [-0.3, -0.25) is 4.98 Å². The van der Waals surface area contributed by atoms with E-state index in [4.69, 9.17) is 4.74 Å². The number of imidazole rings is 1. The molecule has 100 valence electrons. The molecular formula is C14H18N4O. The number of nitrogens with zero attached hydrogens (tertiary/aromatic N) is 3. The van der Waals surface area contributed by atoms with Gasteiger partial charge in [0, 0.05) is 19.3 Å². The molecule has 1 unspecified atom stereocenters. The zero-order valence-electron chi connectivity index (χ0n) is 11.0. The monoisotopic (exact) mass is 258 g/mol. The van der Waals surface area contributed by atoms with Crippen molar-refractivity contribution in [3.05, 3.63) is 47.8 Å². The number of nitrogens with one attached hydrogen (secondary N) is 1. The van der Waals surface area contributed by atoms with Crippen molar-refractivity contribution in [3.63, 3.8) is 0 Å². The molecule has 19 heavy (non-hydrogen) atoms. The minimum atomic E-state index is 0.0836. The number of hydrogen-bond acceptors (Lipinski definition) is 4. The fraction of sp³-hybridized carbons (Fsp3) is 0.429. The van der Waals surface area contributed by atoms with Crippen LogP contribution in [0.1, 0.15) is 23.1 Å². The van der Waals surface area contributed by atoms with E-state index >= 15 is 0 Å². The van der Waals surface area contributed by atoms with E-state index in [9.17, 15) is 0 Å². The molecule has 5 nitrogen and oxygen atoms in total. The molecule has 5 heteroatoms. The predicted molar refractivity (Wildman–Crippen MR) is 71.9 cm³/mol. The smallest absolute Gasteiger partial charge is 0.111 e. The molecule has 1 atom stereocenters. The summed E-state index contributed by atoms with van der Waals surface area (Å²) in [4.78, 5) is 8.68. The standard InChI is InChI=1S/C14H18N4O/c1-11-3-2-4-17-12(11)9-18-10-16-7-13(18)14-8-15-5-6-19-14/h2-4,7,10,14-15H,5-6,8-9H2,1H3. The van der Waals surface area contributed by atoms with Crippen molar-refractivity contribution in [2.75, 3.05) is 19.7 Å². The van der Waals surface area contributed by atoms with Gasteiger partial charge in [-0.25, -0.2) is 4.98 Å². The first kappa shape index (κ1) is 12.3. The first-order chi connectivity index (χ1) is 9.34. The third-order valence-electron chi connectivity index (χ3n) is 3.44. The Hall–Kier alpha value is -1.72. The Balaban J connectivity index is 1.82. The van der Waals surface area contributed by atoms with Crippen LogP contribution in [0, 0.1) is 6.92 Å². The van der Waals surface area contributed by atoms with Crippen LogP contribution in [0.5, 0.6) is 0 Å². The number of pyridine rings is 1. The SMILES string of the molecule is Cc1cccnc1Cn1cncc1C1CNCCO1. The van der Waals surface area contributed by atoms with Crippen molar-refractivity contribution >= 4 is 0 Å². The molecule has 2 aromatic heterocycles. The van der Waals surface area contributed by atoms with Crippen molar-refractivity contribution in [1.29, 1.82) is 0 Å². The summed E-state index contributed by atoms with van der Waals surface area (Å²) in [5.41, 5.74) is 3.38. The fourth-order valence-electron chi connectivity index (χ4n) is 2.33. The number of hydrogen-bond donors (Lipinski definition) is 1. The van der Waals surface area contributed by atoms with E-state index in [1.807, 2.05) is 24.8 Å². The summed E-state index contributed by atoms with van der Waals surface area (Å²) in [7, 11) is 0. The Morgan fingerprint density at radius 1 is 1.53 bits per heavy atom. The van der Waals surface area contributed by atoms with Crippen LogP contribution < -0.4 is 5.32 Å². The van der Waals surface area contributed by atoms with Gasteiger partial charge in [0.1, 0.15) is 6.10 Å². The lowest BCUT2D eigenvalue weighted by Crippen LogP contribution is -2.34. The van der Waals surface area contributed by atoms with Gasteiger partial charge in [-0.05, 0) is 18.6 Å². The van der Waals surface area contributed by atoms with Gasteiger partial charge < -0.3 is 14.6 Å². The average molecular weight is 258 g/mol. The number of aryl methyl sites for hydroxylation is 1. The van der Waals surface area contributed by atoms with Gasteiger partial charge in [0.2, 0.25) is 0 Å². The van der Waals surface area contributed by atoms with Crippen LogP contribution in [0.3, 0.4) is 0 Å². The maximum atomic E-state index is 5.79. The number of morpholine rings is 1. The van der Waals surface area contributed by atoms with Crippen molar-refractivity contribution < 1.29 is 4.74 Å². The normalized spacial score (nSPS) is 19.5. The molecule has 3 heterocycles. The average Bonchev–Trinajstić information content (AvgIpc) is 2.91. The maximum Gasteiger partial charge on any atom is 0.111 e. The Bertz CT molecular complexity index is 546. The summed E-state index contributed by atoms with van der Waals surface area (Å²) in [5, 5.41) is 3.34. The summed E-state index contributed by atoms with van der Waals surface area (Å²) in [6.07, 6.45) is 5.65. The minimum Gasteiger partial charge on any atom is -0.369 e. The molecular weight excluding hydrogens is 240 g/mol. The molecule has 0 aliphatic carbocycles. The molecule has 0 radical (unpaired) electrons. The summed E-state index contributed by atoms with van der Waals surface area (Å²) in [5.74, 6) is 0. The van der Waals surface area contributed by atoms with Crippen LogP contribution in [0.25, 0.3) is 0 Å². The highest BCUT2D eigenvalue weighted by Gasteiger charge is 2.19. The van der Waals surface area contributed by atoms with Crippen LogP contribution in [-0.2, 0) is 11.3 Å². The lowest BCUT2D eigenvalue weighted by Gasteiger charge is -2.24. The number of aromatic nitrogens is 3. The topological polar surface area (TPSA) is 52.0 Å². The molecule has 1 aliphatic rings. The lowest BCUT2D eigenvalue weighted by molar-refractivity contribution is 0.0230. The third kappa shape index (κ3) is 2.67. The Labute approximate surface area is 112 Å². The first-order valence-electron chi connectivity index (χ1n) is 6.57. The van der Waals surface area contributed by atoms with Crippen molar-refractivity contribution in [1.82, 2.24) is 19.9 Å². The third-order valence-corrected chi connectivity index (χ3v) is 3.44. The molecule has 0 spiro atoms. The Morgan fingerprint density at radius 2 is 2.47 bits per heavy atom.